The quantitative estimate of drug-likeness (QED) is 0.306. The fourth-order valence-electron chi connectivity index (χ4n) is 4.18. The second kappa shape index (κ2) is 12.4. The van der Waals surface area contributed by atoms with Gasteiger partial charge in [-0.15, -0.1) is 0 Å². The number of anilines is 2. The maximum absolute atomic E-state index is 12.8. The maximum atomic E-state index is 12.8. The van der Waals surface area contributed by atoms with Crippen LogP contribution in [0.5, 0.6) is 11.5 Å². The second-order valence-corrected chi connectivity index (χ2v) is 10.9. The van der Waals surface area contributed by atoms with Crippen LogP contribution >= 0.6 is 0 Å². The van der Waals surface area contributed by atoms with E-state index in [2.05, 4.69) is 31.4 Å². The molecule has 13 heteroatoms. The summed E-state index contributed by atoms with van der Waals surface area (Å²) < 4.78 is 18.7. The topological polar surface area (TPSA) is 140 Å². The number of carbonyl (C=O) groups is 1. The molecule has 0 aliphatic carbocycles. The molecule has 0 unspecified atom stereocenters. The Kier molecular flexibility index (Phi) is 8.28. The first-order chi connectivity index (χ1) is 19.5. The van der Waals surface area contributed by atoms with Crippen molar-refractivity contribution in [3.05, 3.63) is 72.6 Å². The zero-order valence-corrected chi connectivity index (χ0v) is 23.1. The minimum Gasteiger partial charge on any atom is -0.539 e. The van der Waals surface area contributed by atoms with Gasteiger partial charge < -0.3 is 24.1 Å². The monoisotopic (exact) mass is 555 g/mol. The van der Waals surface area contributed by atoms with Gasteiger partial charge in [0.2, 0.25) is 5.95 Å². The number of morpholine rings is 1. The average Bonchev–Trinajstić information content (AvgIpc) is 3.50. The Labute approximate surface area is 232 Å². The van der Waals surface area contributed by atoms with Crippen molar-refractivity contribution in [2.45, 2.75) is 12.7 Å². The van der Waals surface area contributed by atoms with Gasteiger partial charge in [-0.05, 0) is 42.4 Å². The third kappa shape index (κ3) is 6.25. The second-order valence-electron chi connectivity index (χ2n) is 8.96. The molecule has 4 aromatic rings. The molecule has 1 radical (unpaired) electrons. The van der Waals surface area contributed by atoms with Gasteiger partial charge in [0.1, 0.15) is 30.2 Å². The first-order valence-corrected chi connectivity index (χ1v) is 14.7. The van der Waals surface area contributed by atoms with Crippen LogP contribution in [0.1, 0.15) is 15.9 Å². The van der Waals surface area contributed by atoms with Crippen LogP contribution in [0.15, 0.2) is 61.4 Å². The number of ether oxygens (including phenoxy) is 2. The van der Waals surface area contributed by atoms with Crippen molar-refractivity contribution in [1.29, 1.82) is 5.26 Å². The van der Waals surface area contributed by atoms with Crippen LogP contribution in [0.25, 0.3) is 11.1 Å². The third-order valence-corrected chi connectivity index (χ3v) is 7.55. The number of nitrogens with zero attached hydrogens (tertiary/aromatic N) is 7. The van der Waals surface area contributed by atoms with Crippen molar-refractivity contribution < 1.29 is 18.7 Å². The summed E-state index contributed by atoms with van der Waals surface area (Å²) in [6.45, 7) is 4.21. The number of amides is 1. The van der Waals surface area contributed by atoms with Crippen molar-refractivity contribution in [1.82, 2.24) is 29.6 Å². The van der Waals surface area contributed by atoms with Crippen LogP contribution in [-0.2, 0) is 10.9 Å². The lowest BCUT2D eigenvalue weighted by atomic mass is 10.1. The van der Waals surface area contributed by atoms with Crippen molar-refractivity contribution >= 4 is 26.6 Å². The number of nitriles is 1. The number of methoxy groups -OCH3 is 1. The van der Waals surface area contributed by atoms with Crippen LogP contribution in [0.2, 0.25) is 6.55 Å². The van der Waals surface area contributed by atoms with E-state index in [0.717, 1.165) is 11.1 Å². The van der Waals surface area contributed by atoms with E-state index >= 15 is 0 Å². The molecule has 2 aromatic heterocycles. The molecule has 1 aliphatic rings. The van der Waals surface area contributed by atoms with Crippen LogP contribution in [0.4, 0.5) is 11.6 Å². The van der Waals surface area contributed by atoms with Crippen LogP contribution in [0.3, 0.4) is 0 Å². The summed E-state index contributed by atoms with van der Waals surface area (Å²) in [6, 6.07) is 12.8. The minimum atomic E-state index is -1.33. The lowest BCUT2D eigenvalue weighted by molar-refractivity contribution is 0.0302. The number of benzene rings is 2. The van der Waals surface area contributed by atoms with Gasteiger partial charge in [0.25, 0.3) is 14.9 Å². The first-order valence-electron chi connectivity index (χ1n) is 12.6. The number of carbonyl (C=O) groups excluding carboxylic acids is 1. The molecular formula is C27H27N8O4Si. The Morgan fingerprint density at radius 3 is 2.62 bits per heavy atom. The van der Waals surface area contributed by atoms with Crippen molar-refractivity contribution in [2.75, 3.05) is 38.7 Å². The molecule has 1 N–H and O–H groups in total. The molecule has 203 valence electrons. The Morgan fingerprint density at radius 2 is 1.93 bits per heavy atom. The molecule has 5 rings (SSSR count). The largest absolute Gasteiger partial charge is 0.539 e. The van der Waals surface area contributed by atoms with E-state index in [1.165, 1.54) is 6.33 Å². The Balaban J connectivity index is 1.29. The first kappa shape index (κ1) is 26.8. The molecule has 0 bridgehead atoms. The predicted molar refractivity (Wildman–Crippen MR) is 147 cm³/mol. The van der Waals surface area contributed by atoms with Crippen LogP contribution < -0.4 is 14.5 Å². The number of rotatable bonds is 9. The fourth-order valence-corrected chi connectivity index (χ4v) is 5.41. The van der Waals surface area contributed by atoms with E-state index in [4.69, 9.17) is 13.9 Å². The van der Waals surface area contributed by atoms with Gasteiger partial charge in [0, 0.05) is 36.6 Å². The van der Waals surface area contributed by atoms with Gasteiger partial charge in [-0.25, -0.2) is 15.0 Å². The molecule has 12 nitrogen and oxygen atoms in total. The van der Waals surface area contributed by atoms with Crippen LogP contribution in [-0.4, -0.2) is 78.0 Å². The highest BCUT2D eigenvalue weighted by Gasteiger charge is 2.20. The summed E-state index contributed by atoms with van der Waals surface area (Å²) in [5.41, 5.74) is 3.21. The molecular weight excluding hydrogens is 528 g/mol. The van der Waals surface area contributed by atoms with E-state index in [1.807, 2.05) is 18.7 Å². The van der Waals surface area contributed by atoms with E-state index in [1.54, 1.807) is 59.7 Å². The van der Waals surface area contributed by atoms with Crippen molar-refractivity contribution in [2.24, 2.45) is 0 Å². The highest BCUT2D eigenvalue weighted by molar-refractivity contribution is 6.49. The van der Waals surface area contributed by atoms with Gasteiger partial charge in [-0.1, -0.05) is 6.07 Å². The summed E-state index contributed by atoms with van der Waals surface area (Å²) in [5, 5.41) is 16.8. The van der Waals surface area contributed by atoms with Gasteiger partial charge >= 0.3 is 0 Å². The maximum Gasteiger partial charge on any atom is 0.300 e. The normalized spacial score (nSPS) is 13.1. The molecule has 1 fully saturated rings. The zero-order chi connectivity index (χ0) is 27.9. The Hall–Kier alpha value is -4.80. The number of aromatic nitrogens is 5. The Morgan fingerprint density at radius 1 is 1.12 bits per heavy atom. The van der Waals surface area contributed by atoms with Gasteiger partial charge in [0.15, 0.2) is 0 Å². The van der Waals surface area contributed by atoms with E-state index in [0.29, 0.717) is 66.7 Å². The predicted octanol–water partition coefficient (Wildman–Crippen LogP) is 3.07. The molecule has 40 heavy (non-hydrogen) atoms. The van der Waals surface area contributed by atoms with Crippen molar-refractivity contribution in [3.63, 3.8) is 0 Å². The summed E-state index contributed by atoms with van der Waals surface area (Å²) >= 11 is 0. The summed E-state index contributed by atoms with van der Waals surface area (Å²) in [4.78, 5) is 27.5. The fraction of sp³-hybridized carbons (Fsp3) is 0.259. The standard InChI is InChI=1S/C27H27N8O4Si/c1-37-25-12-20(26(36)34-7-9-38-10-8-34)5-6-23(25)33-27-30-14-22(15-31-27)19-3-4-21(13-28)24(11-19)39-40(2)18-35-17-29-16-32-35/h3-6,11-12,14-17H,7-10,18H2,1-2H3,(H,30,31,33). The van der Waals surface area contributed by atoms with E-state index in [9.17, 15) is 10.1 Å². The average molecular weight is 556 g/mol. The Bertz CT molecular complexity index is 1500. The molecule has 3 heterocycles. The number of nitrogens with one attached hydrogen (secondary N) is 1. The molecule has 0 atom stereocenters. The van der Waals surface area contributed by atoms with Gasteiger partial charge in [0.05, 0.1) is 37.7 Å². The van der Waals surface area contributed by atoms with Gasteiger partial charge in [-0.2, -0.15) is 10.4 Å². The highest BCUT2D eigenvalue weighted by Crippen LogP contribution is 2.30. The SMILES string of the molecule is COc1cc(C(=O)N2CCOCC2)ccc1Nc1ncc(-c2ccc(C#N)c(O[Si](C)Cn3cncn3)c2)cn1. The van der Waals surface area contributed by atoms with E-state index < -0.39 is 9.04 Å². The van der Waals surface area contributed by atoms with Crippen LogP contribution in [0, 0.1) is 11.3 Å². The number of hydrogen-bond acceptors (Lipinski definition) is 10. The summed E-state index contributed by atoms with van der Waals surface area (Å²) in [7, 11) is 0.219. The smallest absolute Gasteiger partial charge is 0.300 e. The zero-order valence-electron chi connectivity index (χ0n) is 22.1. The molecule has 1 saturated heterocycles. The molecule has 1 aliphatic heterocycles. The lowest BCUT2D eigenvalue weighted by Gasteiger charge is -2.27. The number of hydrogen-bond donors (Lipinski definition) is 1. The van der Waals surface area contributed by atoms with Crippen molar-refractivity contribution in [3.8, 4) is 28.7 Å². The summed E-state index contributed by atoms with van der Waals surface area (Å²) in [5.74, 6) is 1.32. The highest BCUT2D eigenvalue weighted by atomic mass is 28.3. The molecule has 1 amide bonds. The molecule has 0 saturated carbocycles. The third-order valence-electron chi connectivity index (χ3n) is 6.22. The molecule has 2 aromatic carbocycles. The summed E-state index contributed by atoms with van der Waals surface area (Å²) in [6.07, 6.45) is 7.09. The minimum absolute atomic E-state index is 0.0609. The lowest BCUT2D eigenvalue weighted by Crippen LogP contribution is -2.40. The van der Waals surface area contributed by atoms with E-state index in [-0.39, 0.29) is 5.91 Å². The molecule has 0 spiro atoms. The van der Waals surface area contributed by atoms with Gasteiger partial charge in [-0.3, -0.25) is 9.48 Å².